The summed E-state index contributed by atoms with van der Waals surface area (Å²) in [7, 11) is 0. The number of anilines is 3. The summed E-state index contributed by atoms with van der Waals surface area (Å²) in [5, 5.41) is 0.755. The van der Waals surface area contributed by atoms with Crippen molar-refractivity contribution in [1.82, 2.24) is 0 Å². The van der Waals surface area contributed by atoms with E-state index in [0.717, 1.165) is 36.0 Å². The lowest BCUT2D eigenvalue weighted by molar-refractivity contribution is 0.443. The van der Waals surface area contributed by atoms with E-state index in [1.165, 1.54) is 37.7 Å². The maximum absolute atomic E-state index is 6.38. The van der Waals surface area contributed by atoms with Crippen LogP contribution in [0.5, 0.6) is 0 Å². The molecule has 1 fully saturated rings. The molecule has 1 nitrogen and oxygen atoms in total. The van der Waals surface area contributed by atoms with Gasteiger partial charge in [0.05, 0.1) is 5.02 Å². The van der Waals surface area contributed by atoms with E-state index < -0.39 is 0 Å². The van der Waals surface area contributed by atoms with Crippen LogP contribution in [-0.4, -0.2) is 0 Å². The summed E-state index contributed by atoms with van der Waals surface area (Å²) in [4.78, 5) is 2.29. The number of nitrogens with zero attached hydrogens (tertiary/aromatic N) is 1. The van der Waals surface area contributed by atoms with Gasteiger partial charge in [-0.15, -0.1) is 0 Å². The Kier molecular flexibility index (Phi) is 6.64. The Morgan fingerprint density at radius 2 is 1.46 bits per heavy atom. The molecule has 3 aromatic carbocycles. The highest BCUT2D eigenvalue weighted by molar-refractivity contribution is 14.1. The van der Waals surface area contributed by atoms with Crippen LogP contribution in [0.4, 0.5) is 17.1 Å². The topological polar surface area (TPSA) is 3.24 Å². The SMILES string of the molecule is Clc1c(Br)cc(N(c2ccccc2)c2ccc(C3CCCCC3)cc2)cc1I. The fourth-order valence-corrected chi connectivity index (χ4v) is 5.56. The van der Waals surface area contributed by atoms with Crippen molar-refractivity contribution < 1.29 is 0 Å². The van der Waals surface area contributed by atoms with Crippen molar-refractivity contribution >= 4 is 67.2 Å². The number of benzene rings is 3. The number of halogens is 3. The molecule has 144 valence electrons. The Bertz CT molecular complexity index is 914. The van der Waals surface area contributed by atoms with Crippen LogP contribution in [0, 0.1) is 3.57 Å². The number of hydrogen-bond donors (Lipinski definition) is 0. The molecule has 1 saturated carbocycles. The van der Waals surface area contributed by atoms with E-state index in [9.17, 15) is 0 Å². The molecule has 1 aliphatic carbocycles. The van der Waals surface area contributed by atoms with Crippen molar-refractivity contribution in [2.24, 2.45) is 0 Å². The molecule has 0 unspecified atom stereocenters. The van der Waals surface area contributed by atoms with Gasteiger partial charge in [0.2, 0.25) is 0 Å². The van der Waals surface area contributed by atoms with Gasteiger partial charge in [-0.05, 0) is 99.2 Å². The predicted octanol–water partition coefficient (Wildman–Crippen LogP) is 9.22. The third-order valence-corrected chi connectivity index (χ3v) is 7.90. The first-order valence-corrected chi connectivity index (χ1v) is 12.0. The molecule has 4 heteroatoms. The van der Waals surface area contributed by atoms with Crippen molar-refractivity contribution in [3.05, 3.63) is 85.4 Å². The van der Waals surface area contributed by atoms with Gasteiger partial charge in [0.15, 0.2) is 0 Å². The molecule has 0 aromatic heterocycles. The summed E-state index contributed by atoms with van der Waals surface area (Å²) in [5.74, 6) is 0.721. The fraction of sp³-hybridized carbons (Fsp3) is 0.250. The van der Waals surface area contributed by atoms with Crippen LogP contribution in [0.25, 0.3) is 0 Å². The third kappa shape index (κ3) is 4.42. The molecular formula is C24H22BrClIN. The highest BCUT2D eigenvalue weighted by atomic mass is 127. The molecule has 0 atom stereocenters. The number of hydrogen-bond acceptors (Lipinski definition) is 1. The van der Waals surface area contributed by atoms with Gasteiger partial charge in [-0.2, -0.15) is 0 Å². The Morgan fingerprint density at radius 3 is 2.11 bits per heavy atom. The first-order chi connectivity index (χ1) is 13.6. The normalized spacial score (nSPS) is 14.8. The first-order valence-electron chi connectivity index (χ1n) is 9.73. The highest BCUT2D eigenvalue weighted by Crippen LogP contribution is 2.40. The zero-order valence-corrected chi connectivity index (χ0v) is 20.0. The van der Waals surface area contributed by atoms with Gasteiger partial charge in [0.25, 0.3) is 0 Å². The summed E-state index contributed by atoms with van der Waals surface area (Å²) in [5.41, 5.74) is 4.87. The number of rotatable bonds is 4. The Morgan fingerprint density at radius 1 is 0.821 bits per heavy atom. The molecule has 0 spiro atoms. The van der Waals surface area contributed by atoms with Crippen molar-refractivity contribution in [1.29, 1.82) is 0 Å². The standard InChI is InChI=1S/C24H22BrClIN/c25-22-15-21(16-23(27)24(22)26)28(19-9-5-2-6-10-19)20-13-11-18(12-14-20)17-7-3-1-4-8-17/h2,5-6,9-17H,1,3-4,7-8H2. The van der Waals surface area contributed by atoms with Crippen molar-refractivity contribution in [3.8, 4) is 0 Å². The second-order valence-corrected chi connectivity index (χ2v) is 9.72. The summed E-state index contributed by atoms with van der Waals surface area (Å²) in [6.07, 6.45) is 6.76. The summed E-state index contributed by atoms with van der Waals surface area (Å²) in [6, 6.07) is 23.9. The molecule has 0 saturated heterocycles. The quantitative estimate of drug-likeness (QED) is 0.225. The molecular weight excluding hydrogens is 545 g/mol. The molecule has 0 N–H and O–H groups in total. The minimum atomic E-state index is 0.721. The van der Waals surface area contributed by atoms with Gasteiger partial charge >= 0.3 is 0 Å². The Labute approximate surface area is 194 Å². The van der Waals surface area contributed by atoms with E-state index >= 15 is 0 Å². The maximum atomic E-state index is 6.38. The molecule has 0 aliphatic heterocycles. The van der Waals surface area contributed by atoms with Gasteiger partial charge < -0.3 is 4.90 Å². The Balaban J connectivity index is 1.74. The average Bonchev–Trinajstić information content (AvgIpc) is 2.74. The van der Waals surface area contributed by atoms with Crippen molar-refractivity contribution in [2.45, 2.75) is 38.0 Å². The van der Waals surface area contributed by atoms with Gasteiger partial charge in [0.1, 0.15) is 0 Å². The smallest absolute Gasteiger partial charge is 0.0683 e. The molecule has 0 radical (unpaired) electrons. The van der Waals surface area contributed by atoms with Crippen LogP contribution >= 0.6 is 50.1 Å². The largest absolute Gasteiger partial charge is 0.310 e. The van der Waals surface area contributed by atoms with E-state index in [2.05, 4.69) is 110 Å². The lowest BCUT2D eigenvalue weighted by Gasteiger charge is -2.27. The zero-order chi connectivity index (χ0) is 19.5. The van der Waals surface area contributed by atoms with Gasteiger partial charge in [-0.3, -0.25) is 0 Å². The second-order valence-electron chi connectivity index (χ2n) is 7.32. The monoisotopic (exact) mass is 565 g/mol. The van der Waals surface area contributed by atoms with Gasteiger partial charge in [0, 0.05) is 25.1 Å². The zero-order valence-electron chi connectivity index (χ0n) is 15.5. The van der Waals surface area contributed by atoms with Crippen molar-refractivity contribution in [3.63, 3.8) is 0 Å². The molecule has 1 aliphatic rings. The highest BCUT2D eigenvalue weighted by Gasteiger charge is 2.18. The molecule has 4 rings (SSSR count). The minimum absolute atomic E-state index is 0.721. The molecule has 0 amide bonds. The lowest BCUT2D eigenvalue weighted by Crippen LogP contribution is -2.11. The van der Waals surface area contributed by atoms with Crippen LogP contribution in [0.1, 0.15) is 43.6 Å². The Hall–Kier alpha value is -1.04. The van der Waals surface area contributed by atoms with Crippen LogP contribution in [-0.2, 0) is 0 Å². The third-order valence-electron chi connectivity index (χ3n) is 5.47. The summed E-state index contributed by atoms with van der Waals surface area (Å²) in [6.45, 7) is 0. The van der Waals surface area contributed by atoms with E-state index in [4.69, 9.17) is 11.6 Å². The minimum Gasteiger partial charge on any atom is -0.310 e. The van der Waals surface area contributed by atoms with Gasteiger partial charge in [-0.1, -0.05) is 61.2 Å². The fourth-order valence-electron chi connectivity index (χ4n) is 4.03. The second kappa shape index (κ2) is 9.19. The van der Waals surface area contributed by atoms with E-state index in [0.29, 0.717) is 0 Å². The van der Waals surface area contributed by atoms with E-state index in [1.54, 1.807) is 0 Å². The lowest BCUT2D eigenvalue weighted by atomic mass is 9.84. The molecule has 3 aromatic rings. The van der Waals surface area contributed by atoms with E-state index in [1.807, 2.05) is 0 Å². The van der Waals surface area contributed by atoms with E-state index in [-0.39, 0.29) is 0 Å². The van der Waals surface area contributed by atoms with Crippen molar-refractivity contribution in [2.75, 3.05) is 4.90 Å². The van der Waals surface area contributed by atoms with Crippen LogP contribution in [0.3, 0.4) is 0 Å². The molecule has 0 heterocycles. The predicted molar refractivity (Wildman–Crippen MR) is 132 cm³/mol. The van der Waals surface area contributed by atoms with Crippen LogP contribution in [0.2, 0.25) is 5.02 Å². The number of para-hydroxylation sites is 1. The van der Waals surface area contributed by atoms with Crippen LogP contribution in [0.15, 0.2) is 71.2 Å². The summed E-state index contributed by atoms with van der Waals surface area (Å²) >= 11 is 12.3. The average molecular weight is 567 g/mol. The summed E-state index contributed by atoms with van der Waals surface area (Å²) < 4.78 is 1.94. The maximum Gasteiger partial charge on any atom is 0.0683 e. The molecule has 28 heavy (non-hydrogen) atoms. The van der Waals surface area contributed by atoms with Gasteiger partial charge in [-0.25, -0.2) is 0 Å². The first kappa shape index (κ1) is 20.2. The molecule has 0 bridgehead atoms. The van der Waals surface area contributed by atoms with Crippen LogP contribution < -0.4 is 4.90 Å².